The molecule has 1 amide bonds. The summed E-state index contributed by atoms with van der Waals surface area (Å²) in [4.78, 5) is 16.9. The van der Waals surface area contributed by atoms with Crippen molar-refractivity contribution >= 4 is 21.7 Å². The maximum atomic E-state index is 12.0. The number of carbonyl (C=O) groups is 1. The summed E-state index contributed by atoms with van der Waals surface area (Å²) in [7, 11) is -3.23. The Balaban J connectivity index is 1.84. The Morgan fingerprint density at radius 3 is 2.40 bits per heavy atom. The summed E-state index contributed by atoms with van der Waals surface area (Å²) in [6.45, 7) is 7.88. The van der Waals surface area contributed by atoms with Crippen LogP contribution in [0.3, 0.4) is 0 Å². The molecule has 1 aromatic heterocycles. The summed E-state index contributed by atoms with van der Waals surface area (Å²) < 4.78 is 28.6. The van der Waals surface area contributed by atoms with E-state index < -0.39 is 9.84 Å². The molecule has 0 fully saturated rings. The van der Waals surface area contributed by atoms with Gasteiger partial charge in [-0.25, -0.2) is 13.4 Å². The van der Waals surface area contributed by atoms with E-state index >= 15 is 0 Å². The van der Waals surface area contributed by atoms with Gasteiger partial charge in [0.15, 0.2) is 21.6 Å². The number of aliphatic imine (C=N–C) groups is 1. The number of nitrogens with zero attached hydrogens (tertiary/aromatic N) is 1. The molecule has 0 atom stereocenters. The van der Waals surface area contributed by atoms with Crippen LogP contribution < -0.4 is 16.0 Å². The number of nitrogens with one attached hydrogen (secondary N) is 3. The topological polar surface area (TPSA) is 113 Å². The minimum Gasteiger partial charge on any atom is -0.459 e. The van der Waals surface area contributed by atoms with Gasteiger partial charge in [-0.3, -0.25) is 4.79 Å². The largest absolute Gasteiger partial charge is 0.459 e. The van der Waals surface area contributed by atoms with Crippen molar-refractivity contribution in [1.29, 1.82) is 0 Å². The maximum Gasteiger partial charge on any atom is 0.287 e. The van der Waals surface area contributed by atoms with E-state index in [1.165, 1.54) is 12.5 Å². The molecule has 0 radical (unpaired) electrons. The summed E-state index contributed by atoms with van der Waals surface area (Å²) in [5.41, 5.74) is 2.45. The van der Waals surface area contributed by atoms with Crippen LogP contribution >= 0.6 is 0 Å². The van der Waals surface area contributed by atoms with Gasteiger partial charge >= 0.3 is 0 Å². The molecular weight excluding hydrogens is 404 g/mol. The second-order valence-corrected chi connectivity index (χ2v) is 9.02. The van der Waals surface area contributed by atoms with E-state index in [2.05, 4.69) is 20.9 Å². The number of amides is 1. The van der Waals surface area contributed by atoms with Crippen LogP contribution in [0.15, 0.2) is 44.8 Å². The van der Waals surface area contributed by atoms with Gasteiger partial charge in [0.2, 0.25) is 0 Å². The van der Waals surface area contributed by atoms with Crippen molar-refractivity contribution in [2.24, 2.45) is 4.99 Å². The Bertz CT molecular complexity index is 996. The second kappa shape index (κ2) is 10.8. The number of aryl methyl sites for hydroxylation is 2. The molecule has 164 valence electrons. The van der Waals surface area contributed by atoms with E-state index in [4.69, 9.17) is 4.42 Å². The highest BCUT2D eigenvalue weighted by molar-refractivity contribution is 7.90. The van der Waals surface area contributed by atoms with Gasteiger partial charge in [-0.1, -0.05) is 12.1 Å². The van der Waals surface area contributed by atoms with Gasteiger partial charge in [-0.05, 0) is 50.5 Å². The van der Waals surface area contributed by atoms with Gasteiger partial charge < -0.3 is 20.4 Å². The Hall–Kier alpha value is -2.81. The lowest BCUT2D eigenvalue weighted by Crippen LogP contribution is -2.38. The summed E-state index contributed by atoms with van der Waals surface area (Å²) in [5.74, 6) is 0.788. The third-order valence-electron chi connectivity index (χ3n) is 4.40. The predicted octanol–water partition coefficient (Wildman–Crippen LogP) is 2.18. The number of furan rings is 1. The molecule has 0 spiro atoms. The van der Waals surface area contributed by atoms with Gasteiger partial charge in [-0.2, -0.15) is 0 Å². The zero-order valence-electron chi connectivity index (χ0n) is 17.9. The number of benzene rings is 1. The number of hydrogen-bond donors (Lipinski definition) is 3. The molecule has 3 N–H and O–H groups in total. The van der Waals surface area contributed by atoms with E-state index in [1.54, 1.807) is 25.1 Å². The Morgan fingerprint density at radius 1 is 1.07 bits per heavy atom. The molecule has 0 bridgehead atoms. The van der Waals surface area contributed by atoms with Crippen LogP contribution in [0.25, 0.3) is 0 Å². The van der Waals surface area contributed by atoms with Gasteiger partial charge in [0.25, 0.3) is 5.91 Å². The molecule has 0 unspecified atom stereocenters. The first-order valence-electron chi connectivity index (χ1n) is 9.86. The first-order chi connectivity index (χ1) is 14.2. The molecule has 30 heavy (non-hydrogen) atoms. The minimum atomic E-state index is -3.23. The zero-order valence-corrected chi connectivity index (χ0v) is 18.7. The van der Waals surface area contributed by atoms with Gasteiger partial charge in [0.05, 0.1) is 17.7 Å². The molecule has 2 rings (SSSR count). The number of carbonyl (C=O) groups excluding carboxylic acids is 1. The van der Waals surface area contributed by atoms with Crippen LogP contribution in [0.5, 0.6) is 0 Å². The average Bonchev–Trinajstić information content (AvgIpc) is 3.10. The Labute approximate surface area is 178 Å². The van der Waals surface area contributed by atoms with Crippen molar-refractivity contribution < 1.29 is 17.6 Å². The molecule has 8 nitrogen and oxygen atoms in total. The predicted molar refractivity (Wildman–Crippen MR) is 118 cm³/mol. The summed E-state index contributed by atoms with van der Waals surface area (Å²) in [6, 6.07) is 7.00. The van der Waals surface area contributed by atoms with Crippen LogP contribution in [-0.4, -0.2) is 46.2 Å². The highest BCUT2D eigenvalue weighted by Gasteiger charge is 2.12. The fraction of sp³-hybridized carbons (Fsp3) is 0.429. The van der Waals surface area contributed by atoms with Crippen molar-refractivity contribution in [2.45, 2.75) is 38.6 Å². The van der Waals surface area contributed by atoms with Crippen molar-refractivity contribution in [2.75, 3.05) is 25.9 Å². The first kappa shape index (κ1) is 23.5. The number of hydrogen-bond acceptors (Lipinski definition) is 5. The SMILES string of the molecule is CCNC(=NCc1ccc(S(C)(=O)=O)c(C)c1)NCCCNC(=O)c1occc1C. The van der Waals surface area contributed by atoms with Crippen molar-refractivity contribution in [3.05, 3.63) is 53.0 Å². The maximum absolute atomic E-state index is 12.0. The van der Waals surface area contributed by atoms with E-state index in [0.29, 0.717) is 48.4 Å². The second-order valence-electron chi connectivity index (χ2n) is 7.04. The number of sulfone groups is 1. The molecule has 0 aliphatic carbocycles. The lowest BCUT2D eigenvalue weighted by molar-refractivity contribution is 0.0925. The molecule has 0 saturated heterocycles. The van der Waals surface area contributed by atoms with E-state index in [0.717, 1.165) is 17.5 Å². The van der Waals surface area contributed by atoms with Crippen LogP contribution in [-0.2, 0) is 16.4 Å². The average molecular weight is 435 g/mol. The summed E-state index contributed by atoms with van der Waals surface area (Å²) in [6.07, 6.45) is 3.43. The van der Waals surface area contributed by atoms with Crippen molar-refractivity contribution in [3.8, 4) is 0 Å². The third kappa shape index (κ3) is 6.91. The molecule has 9 heteroatoms. The number of guanidine groups is 1. The highest BCUT2D eigenvalue weighted by Crippen LogP contribution is 2.17. The molecule has 1 aromatic carbocycles. The normalized spacial score (nSPS) is 11.9. The van der Waals surface area contributed by atoms with Crippen LogP contribution in [0.1, 0.15) is 40.6 Å². The van der Waals surface area contributed by atoms with Crippen molar-refractivity contribution in [3.63, 3.8) is 0 Å². The van der Waals surface area contributed by atoms with Crippen molar-refractivity contribution in [1.82, 2.24) is 16.0 Å². The highest BCUT2D eigenvalue weighted by atomic mass is 32.2. The van der Waals surface area contributed by atoms with Crippen LogP contribution in [0, 0.1) is 13.8 Å². The smallest absolute Gasteiger partial charge is 0.287 e. The van der Waals surface area contributed by atoms with E-state index in [9.17, 15) is 13.2 Å². The zero-order chi connectivity index (χ0) is 22.1. The third-order valence-corrected chi connectivity index (χ3v) is 5.66. The first-order valence-corrected chi connectivity index (χ1v) is 11.8. The molecular formula is C21H30N4O4S. The fourth-order valence-electron chi connectivity index (χ4n) is 2.92. The van der Waals surface area contributed by atoms with Gasteiger partial charge in [-0.15, -0.1) is 0 Å². The summed E-state index contributed by atoms with van der Waals surface area (Å²) >= 11 is 0. The number of rotatable bonds is 9. The summed E-state index contributed by atoms with van der Waals surface area (Å²) in [5, 5.41) is 9.23. The molecule has 2 aromatic rings. The quantitative estimate of drug-likeness (QED) is 0.317. The Kier molecular flexibility index (Phi) is 8.46. The van der Waals surface area contributed by atoms with E-state index in [-0.39, 0.29) is 5.91 Å². The monoisotopic (exact) mass is 434 g/mol. The van der Waals surface area contributed by atoms with Gasteiger partial charge in [0.1, 0.15) is 0 Å². The minimum absolute atomic E-state index is 0.217. The molecule has 0 aliphatic rings. The van der Waals surface area contributed by atoms with Crippen LogP contribution in [0.4, 0.5) is 0 Å². The molecule has 0 aliphatic heterocycles. The molecule has 0 saturated carbocycles. The Morgan fingerprint density at radius 2 is 1.80 bits per heavy atom. The molecule has 1 heterocycles. The fourth-order valence-corrected chi connectivity index (χ4v) is 3.88. The lowest BCUT2D eigenvalue weighted by atomic mass is 10.1. The lowest BCUT2D eigenvalue weighted by Gasteiger charge is -2.12. The van der Waals surface area contributed by atoms with Gasteiger partial charge in [0, 0.05) is 31.5 Å². The van der Waals surface area contributed by atoms with E-state index in [1.807, 2.05) is 19.9 Å². The van der Waals surface area contributed by atoms with Crippen LogP contribution in [0.2, 0.25) is 0 Å². The standard InChI is InChI=1S/C21H30N4O4S/c1-5-22-21(24-11-6-10-23-20(26)19-15(2)9-12-29-19)25-14-17-7-8-18(16(3)13-17)30(4,27)28/h7-9,12-13H,5-6,10-11,14H2,1-4H3,(H,23,26)(H2,22,24,25).